The summed E-state index contributed by atoms with van der Waals surface area (Å²) in [5.41, 5.74) is 3.48. The van der Waals surface area contributed by atoms with Crippen molar-refractivity contribution in [2.45, 2.75) is 49.7 Å². The Morgan fingerprint density at radius 3 is 2.69 bits per heavy atom. The summed E-state index contributed by atoms with van der Waals surface area (Å²) in [4.78, 5) is 10.9. The molecule has 2 N–H and O–H groups in total. The van der Waals surface area contributed by atoms with Crippen molar-refractivity contribution in [3.05, 3.63) is 34.4 Å². The number of fused-ring (bicyclic) bond motifs is 2. The Morgan fingerprint density at radius 2 is 1.98 bits per heavy atom. The largest absolute Gasteiger partial charge is 0.477 e. The average molecular weight is 719 g/mol. The normalized spacial score (nSPS) is 22.7. The Labute approximate surface area is 275 Å². The van der Waals surface area contributed by atoms with Gasteiger partial charge in [-0.05, 0) is 31.0 Å². The lowest BCUT2D eigenvalue weighted by atomic mass is 9.95. The van der Waals surface area contributed by atoms with E-state index in [9.17, 15) is 36.0 Å². The number of nitrogens with zero attached hydrogens (tertiary/aromatic N) is 5. The first kappa shape index (κ1) is 32.7. The first-order chi connectivity index (χ1) is 22.7. The van der Waals surface area contributed by atoms with Crippen LogP contribution in [0.1, 0.15) is 24.8 Å². The van der Waals surface area contributed by atoms with Crippen LogP contribution in [0.4, 0.5) is 45.9 Å². The minimum Gasteiger partial charge on any atom is -0.477 e. The number of benzene rings is 2. The van der Waals surface area contributed by atoms with Crippen LogP contribution in [0.3, 0.4) is 0 Å². The van der Waals surface area contributed by atoms with Gasteiger partial charge in [0.05, 0.1) is 39.3 Å². The van der Waals surface area contributed by atoms with Crippen LogP contribution in [-0.2, 0) is 0 Å². The fraction of sp³-hybridized carbons (Fsp3) is 0.433. The van der Waals surface area contributed by atoms with Gasteiger partial charge in [0.1, 0.15) is 41.0 Å². The van der Waals surface area contributed by atoms with Gasteiger partial charge in [-0.1, -0.05) is 17.7 Å². The number of alkyl halides is 6. The number of anilines is 2. The number of hydrogen-bond donors (Lipinski definition) is 1. The van der Waals surface area contributed by atoms with Crippen molar-refractivity contribution in [2.24, 2.45) is 0 Å². The van der Waals surface area contributed by atoms with Crippen molar-refractivity contribution >= 4 is 54.7 Å². The first-order valence-electron chi connectivity index (χ1n) is 14.6. The Morgan fingerprint density at radius 1 is 1.21 bits per heavy atom. The second-order valence-corrected chi connectivity index (χ2v) is 13.4. The van der Waals surface area contributed by atoms with Crippen molar-refractivity contribution in [3.8, 4) is 29.0 Å². The van der Waals surface area contributed by atoms with E-state index in [4.69, 9.17) is 26.8 Å². The number of thiophene rings is 1. The molecule has 2 aromatic heterocycles. The van der Waals surface area contributed by atoms with E-state index in [0.717, 1.165) is 18.6 Å². The highest BCUT2D eigenvalue weighted by atomic mass is 35.5. The number of nitrogens with two attached hydrogens (primary N) is 1. The lowest BCUT2D eigenvalue weighted by molar-refractivity contribution is -0.191. The number of halogens is 9. The predicted octanol–water partition coefficient (Wildman–Crippen LogP) is 7.25. The molecule has 2 saturated heterocycles. The van der Waals surface area contributed by atoms with E-state index in [2.05, 4.69) is 9.97 Å². The molecule has 8 nitrogen and oxygen atoms in total. The van der Waals surface area contributed by atoms with Gasteiger partial charge in [0.15, 0.2) is 11.6 Å². The molecule has 2 fully saturated rings. The third-order valence-electron chi connectivity index (χ3n) is 9.04. The highest BCUT2D eigenvalue weighted by Crippen LogP contribution is 2.52. The predicted molar refractivity (Wildman–Crippen MR) is 162 cm³/mol. The van der Waals surface area contributed by atoms with Crippen LogP contribution in [0.2, 0.25) is 5.02 Å². The van der Waals surface area contributed by atoms with Crippen LogP contribution in [0.15, 0.2) is 12.1 Å². The zero-order valence-corrected chi connectivity index (χ0v) is 26.1. The molecule has 254 valence electrons. The molecule has 7 rings (SSSR count). The number of ether oxygens (including phenoxy) is 2. The van der Waals surface area contributed by atoms with Crippen molar-refractivity contribution in [2.75, 3.05) is 43.4 Å². The fourth-order valence-corrected chi connectivity index (χ4v) is 8.27. The summed E-state index contributed by atoms with van der Waals surface area (Å²) in [5, 5.41) is 8.28. The van der Waals surface area contributed by atoms with Gasteiger partial charge in [0, 0.05) is 23.9 Å². The highest BCUT2D eigenvalue weighted by molar-refractivity contribution is 7.23. The van der Waals surface area contributed by atoms with E-state index in [1.165, 1.54) is 0 Å². The summed E-state index contributed by atoms with van der Waals surface area (Å²) >= 11 is 7.35. The molecule has 0 bridgehead atoms. The first-order valence-corrected chi connectivity index (χ1v) is 15.8. The van der Waals surface area contributed by atoms with Crippen LogP contribution in [-0.4, -0.2) is 78.1 Å². The van der Waals surface area contributed by atoms with E-state index < -0.39 is 94.2 Å². The van der Waals surface area contributed by atoms with Crippen LogP contribution < -0.4 is 20.1 Å². The van der Waals surface area contributed by atoms with Crippen molar-refractivity contribution < 1.29 is 44.6 Å². The molecule has 18 heteroatoms. The quantitative estimate of drug-likeness (QED) is 0.208. The SMILES string of the molecule is N#Cc1c(N)sc2c(F)ccc(-c3c(Cl)c4c5c(nc(OC[C@@]67CCCN6C[C@H](F)C7)nc5c3F)N(CC(F)F)CC(C(F)(F)F)O4)c12. The molecule has 0 spiro atoms. The lowest BCUT2D eigenvalue weighted by Crippen LogP contribution is -2.45. The highest BCUT2D eigenvalue weighted by Gasteiger charge is 2.50. The summed E-state index contributed by atoms with van der Waals surface area (Å²) in [6.45, 7) is -1.81. The number of aromatic nitrogens is 2. The van der Waals surface area contributed by atoms with Gasteiger partial charge in [-0.3, -0.25) is 4.90 Å². The molecule has 3 aliphatic heterocycles. The Hall–Kier alpha value is -3.88. The maximum atomic E-state index is 16.9. The summed E-state index contributed by atoms with van der Waals surface area (Å²) in [6.07, 6.45) is -10.7. The molecular weight excluding hydrogens is 696 g/mol. The van der Waals surface area contributed by atoms with Gasteiger partial charge >= 0.3 is 12.2 Å². The maximum Gasteiger partial charge on any atom is 0.427 e. The van der Waals surface area contributed by atoms with Crippen molar-refractivity contribution in [1.29, 1.82) is 5.26 Å². The monoisotopic (exact) mass is 718 g/mol. The minimum atomic E-state index is -5.12. The lowest BCUT2D eigenvalue weighted by Gasteiger charge is -2.31. The van der Waals surface area contributed by atoms with E-state index >= 15 is 4.39 Å². The van der Waals surface area contributed by atoms with E-state index in [0.29, 0.717) is 29.2 Å². The second-order valence-electron chi connectivity index (χ2n) is 11.9. The smallest absolute Gasteiger partial charge is 0.427 e. The van der Waals surface area contributed by atoms with E-state index in [1.54, 1.807) is 0 Å². The molecule has 0 amide bonds. The van der Waals surface area contributed by atoms with Gasteiger partial charge in [-0.2, -0.15) is 28.4 Å². The number of nitrogen functional groups attached to an aromatic ring is 1. The average Bonchev–Trinajstić information content (AvgIpc) is 3.62. The Bertz CT molecular complexity index is 2000. The molecule has 3 atom stereocenters. The molecule has 0 aliphatic carbocycles. The third kappa shape index (κ3) is 5.19. The molecular formula is C30H23ClF8N6O2S. The second kappa shape index (κ2) is 11.6. The number of rotatable bonds is 6. The number of hydrogen-bond acceptors (Lipinski definition) is 9. The van der Waals surface area contributed by atoms with Gasteiger partial charge in [0.25, 0.3) is 6.43 Å². The van der Waals surface area contributed by atoms with Gasteiger partial charge in [-0.15, -0.1) is 11.3 Å². The maximum absolute atomic E-state index is 16.9. The van der Waals surface area contributed by atoms with Crippen LogP contribution in [0.5, 0.6) is 11.8 Å². The summed E-state index contributed by atoms with van der Waals surface area (Å²) in [5.74, 6) is -3.38. The fourth-order valence-electron chi connectivity index (χ4n) is 7.00. The Kier molecular flexibility index (Phi) is 7.91. The molecule has 5 heterocycles. The standard InChI is InChI=1S/C30H23ClF8N6O2S/c31-21-19(13-2-3-15(33)25-18(13)14(7-40)26(41)48-25)22(36)23-20-24(21)47-16(30(37,38)39)9-44(10-17(34)35)27(20)43-28(42-23)46-11-29-4-1-5-45(29)8-12(32)6-29/h2-3,12,16-17H,1,4-6,8-11,41H2/t12-,16?,29+/m1/s1. The van der Waals surface area contributed by atoms with E-state index in [-0.39, 0.29) is 45.8 Å². The molecule has 0 radical (unpaired) electrons. The van der Waals surface area contributed by atoms with Crippen LogP contribution >= 0.6 is 22.9 Å². The van der Waals surface area contributed by atoms with Crippen molar-refractivity contribution in [3.63, 3.8) is 0 Å². The molecule has 0 saturated carbocycles. The molecule has 2 aromatic carbocycles. The van der Waals surface area contributed by atoms with Gasteiger partial charge in [-0.25, -0.2) is 22.0 Å². The molecule has 48 heavy (non-hydrogen) atoms. The molecule has 3 aliphatic rings. The number of nitriles is 1. The van der Waals surface area contributed by atoms with Gasteiger partial charge < -0.3 is 20.1 Å². The zero-order valence-electron chi connectivity index (χ0n) is 24.5. The molecule has 1 unspecified atom stereocenters. The summed E-state index contributed by atoms with van der Waals surface area (Å²) in [6, 6.07) is 3.30. The zero-order chi connectivity index (χ0) is 34.3. The topological polar surface area (TPSA) is 101 Å². The van der Waals surface area contributed by atoms with Gasteiger partial charge in [0.2, 0.25) is 6.10 Å². The molecule has 4 aromatic rings. The summed E-state index contributed by atoms with van der Waals surface area (Å²) in [7, 11) is 0. The van der Waals surface area contributed by atoms with E-state index in [1.807, 2.05) is 11.0 Å². The van der Waals surface area contributed by atoms with Crippen LogP contribution in [0, 0.1) is 23.0 Å². The summed E-state index contributed by atoms with van der Waals surface area (Å²) < 4.78 is 128. The van der Waals surface area contributed by atoms with Crippen LogP contribution in [0.25, 0.3) is 32.1 Å². The third-order valence-corrected chi connectivity index (χ3v) is 10.4. The van der Waals surface area contributed by atoms with Crippen molar-refractivity contribution in [1.82, 2.24) is 14.9 Å². The Balaban J connectivity index is 1.49. The minimum absolute atomic E-state index is 0.103.